The zero-order chi connectivity index (χ0) is 22.7. The highest BCUT2D eigenvalue weighted by molar-refractivity contribution is 8.27. The highest BCUT2D eigenvalue weighted by atomic mass is 35.5. The van der Waals surface area contributed by atoms with Crippen molar-refractivity contribution < 1.29 is 14.3 Å². The van der Waals surface area contributed by atoms with Crippen LogP contribution in [-0.4, -0.2) is 17.3 Å². The number of thioether (sulfide) groups is 1. The summed E-state index contributed by atoms with van der Waals surface area (Å²) in [6, 6.07) is 20.1. The first kappa shape index (κ1) is 22.7. The van der Waals surface area contributed by atoms with E-state index < -0.39 is 0 Å². The lowest BCUT2D eigenvalue weighted by Crippen LogP contribution is -2.27. The Morgan fingerprint density at radius 1 is 1.03 bits per heavy atom. The number of carbonyl (C=O) groups is 1. The van der Waals surface area contributed by atoms with Gasteiger partial charge in [0.05, 0.1) is 17.7 Å². The maximum absolute atomic E-state index is 13.0. The predicted octanol–water partition coefficient (Wildman–Crippen LogP) is 6.99. The van der Waals surface area contributed by atoms with Crippen molar-refractivity contribution in [1.29, 1.82) is 0 Å². The molecule has 1 amide bonds. The smallest absolute Gasteiger partial charge is 0.270 e. The van der Waals surface area contributed by atoms with Crippen molar-refractivity contribution in [2.24, 2.45) is 0 Å². The quantitative estimate of drug-likeness (QED) is 0.269. The van der Waals surface area contributed by atoms with Crippen LogP contribution >= 0.6 is 47.2 Å². The molecule has 0 radical (unpaired) electrons. The van der Waals surface area contributed by atoms with Gasteiger partial charge in [0, 0.05) is 15.6 Å². The number of rotatable bonds is 6. The van der Waals surface area contributed by atoms with Crippen LogP contribution in [0.2, 0.25) is 10.0 Å². The Morgan fingerprint density at radius 2 is 1.81 bits per heavy atom. The summed E-state index contributed by atoms with van der Waals surface area (Å²) in [6.07, 6.45) is 1.80. The van der Waals surface area contributed by atoms with E-state index in [9.17, 15) is 4.79 Å². The van der Waals surface area contributed by atoms with Gasteiger partial charge in [0.1, 0.15) is 6.61 Å². The number of hydrogen-bond donors (Lipinski definition) is 0. The summed E-state index contributed by atoms with van der Waals surface area (Å²) in [7, 11) is 1.57. The molecule has 162 valence electrons. The van der Waals surface area contributed by atoms with Gasteiger partial charge in [-0.1, -0.05) is 77.5 Å². The highest BCUT2D eigenvalue weighted by Gasteiger charge is 2.33. The number of hydrogen-bond acceptors (Lipinski definition) is 5. The molecule has 1 aliphatic rings. The van der Waals surface area contributed by atoms with Gasteiger partial charge in [-0.2, -0.15) is 0 Å². The fourth-order valence-electron chi connectivity index (χ4n) is 3.11. The molecule has 0 aliphatic carbocycles. The van der Waals surface area contributed by atoms with E-state index in [0.29, 0.717) is 30.8 Å². The number of ether oxygens (including phenoxy) is 2. The van der Waals surface area contributed by atoms with Crippen molar-refractivity contribution in [2.75, 3.05) is 12.0 Å². The van der Waals surface area contributed by atoms with Crippen LogP contribution in [0.3, 0.4) is 0 Å². The summed E-state index contributed by atoms with van der Waals surface area (Å²) in [5.74, 6) is 0.951. The Balaban J connectivity index is 1.57. The van der Waals surface area contributed by atoms with Crippen LogP contribution in [0.4, 0.5) is 5.69 Å². The van der Waals surface area contributed by atoms with Crippen LogP contribution in [0.1, 0.15) is 11.1 Å². The average molecular weight is 502 g/mol. The number of thiocarbonyl (C=S) groups is 1. The highest BCUT2D eigenvalue weighted by Crippen LogP contribution is 2.37. The van der Waals surface area contributed by atoms with E-state index in [4.69, 9.17) is 44.9 Å². The fourth-order valence-corrected chi connectivity index (χ4v) is 4.87. The van der Waals surface area contributed by atoms with Crippen LogP contribution in [0, 0.1) is 0 Å². The molecule has 4 nitrogen and oxygen atoms in total. The van der Waals surface area contributed by atoms with Crippen LogP contribution in [0.5, 0.6) is 11.5 Å². The van der Waals surface area contributed by atoms with Crippen molar-refractivity contribution in [3.63, 3.8) is 0 Å². The molecule has 0 unspecified atom stereocenters. The molecule has 32 heavy (non-hydrogen) atoms. The molecule has 4 rings (SSSR count). The number of halogens is 2. The summed E-state index contributed by atoms with van der Waals surface area (Å²) >= 11 is 18.9. The molecule has 0 bridgehead atoms. The number of amides is 1. The SMILES string of the molecule is COc1ccc(C=C2SC(=S)N(c3ccccc3)C2=O)cc1OCc1ccc(Cl)cc1Cl. The summed E-state index contributed by atoms with van der Waals surface area (Å²) in [5.41, 5.74) is 2.33. The first-order chi connectivity index (χ1) is 15.5. The second-order valence-corrected chi connectivity index (χ2v) is 9.31. The van der Waals surface area contributed by atoms with Gasteiger partial charge < -0.3 is 9.47 Å². The van der Waals surface area contributed by atoms with Crippen molar-refractivity contribution in [3.05, 3.63) is 92.8 Å². The molecule has 1 heterocycles. The molecule has 0 N–H and O–H groups in total. The summed E-state index contributed by atoms with van der Waals surface area (Å²) in [4.78, 5) is 15.0. The zero-order valence-corrected chi connectivity index (χ0v) is 20.0. The van der Waals surface area contributed by atoms with Gasteiger partial charge in [-0.05, 0) is 48.0 Å². The standard InChI is InChI=1S/C24H17Cl2NO3S2/c1-29-20-10-7-15(11-21(20)30-14-16-8-9-17(25)13-19(16)26)12-22-23(28)27(24(31)32-22)18-5-3-2-4-6-18/h2-13H,14H2,1H3. The van der Waals surface area contributed by atoms with E-state index >= 15 is 0 Å². The van der Waals surface area contributed by atoms with E-state index in [0.717, 1.165) is 16.8 Å². The Morgan fingerprint density at radius 3 is 2.53 bits per heavy atom. The monoisotopic (exact) mass is 501 g/mol. The molecule has 0 atom stereocenters. The van der Waals surface area contributed by atoms with Crippen molar-refractivity contribution >= 4 is 69.2 Å². The maximum atomic E-state index is 13.0. The van der Waals surface area contributed by atoms with Crippen LogP contribution in [0.15, 0.2) is 71.6 Å². The molecular weight excluding hydrogens is 485 g/mol. The predicted molar refractivity (Wildman–Crippen MR) is 136 cm³/mol. The van der Waals surface area contributed by atoms with Gasteiger partial charge in [0.2, 0.25) is 0 Å². The average Bonchev–Trinajstić information content (AvgIpc) is 3.06. The number of benzene rings is 3. The largest absolute Gasteiger partial charge is 0.493 e. The Hall–Kier alpha value is -2.51. The number of methoxy groups -OCH3 is 1. The lowest BCUT2D eigenvalue weighted by atomic mass is 10.1. The third-order valence-electron chi connectivity index (χ3n) is 4.69. The van der Waals surface area contributed by atoms with Crippen molar-refractivity contribution in [2.45, 2.75) is 6.61 Å². The molecule has 1 saturated heterocycles. The topological polar surface area (TPSA) is 38.8 Å². The second-order valence-electron chi connectivity index (χ2n) is 6.79. The van der Waals surface area contributed by atoms with Gasteiger partial charge in [0.25, 0.3) is 5.91 Å². The van der Waals surface area contributed by atoms with E-state index in [2.05, 4.69) is 0 Å². The van der Waals surface area contributed by atoms with Gasteiger partial charge >= 0.3 is 0 Å². The minimum absolute atomic E-state index is 0.155. The zero-order valence-electron chi connectivity index (χ0n) is 16.9. The summed E-state index contributed by atoms with van der Waals surface area (Å²) in [5, 5.41) is 1.09. The molecule has 3 aromatic carbocycles. The normalized spacial score (nSPS) is 14.8. The molecule has 1 fully saturated rings. The van der Waals surface area contributed by atoms with Crippen LogP contribution < -0.4 is 14.4 Å². The van der Waals surface area contributed by atoms with E-state index in [-0.39, 0.29) is 12.5 Å². The van der Waals surface area contributed by atoms with Gasteiger partial charge in [-0.15, -0.1) is 0 Å². The molecular formula is C24H17Cl2NO3S2. The Bertz CT molecular complexity index is 1220. The van der Waals surface area contributed by atoms with Gasteiger partial charge in [-0.3, -0.25) is 9.69 Å². The molecule has 1 aliphatic heterocycles. The fraction of sp³-hybridized carbons (Fsp3) is 0.0833. The minimum Gasteiger partial charge on any atom is -0.493 e. The number of nitrogens with zero attached hydrogens (tertiary/aromatic N) is 1. The summed E-state index contributed by atoms with van der Waals surface area (Å²) in [6.45, 7) is 0.242. The third-order valence-corrected chi connectivity index (χ3v) is 6.58. The van der Waals surface area contributed by atoms with Crippen LogP contribution in [0.25, 0.3) is 6.08 Å². The first-order valence-corrected chi connectivity index (χ1v) is 11.5. The lowest BCUT2D eigenvalue weighted by molar-refractivity contribution is -0.113. The first-order valence-electron chi connectivity index (χ1n) is 9.54. The summed E-state index contributed by atoms with van der Waals surface area (Å²) < 4.78 is 11.9. The number of para-hydroxylation sites is 1. The third kappa shape index (κ3) is 4.94. The maximum Gasteiger partial charge on any atom is 0.270 e. The van der Waals surface area contributed by atoms with E-state index in [1.54, 1.807) is 31.4 Å². The van der Waals surface area contributed by atoms with Crippen molar-refractivity contribution in [3.8, 4) is 11.5 Å². The number of carbonyl (C=O) groups excluding carboxylic acids is 1. The lowest BCUT2D eigenvalue weighted by Gasteiger charge is -2.14. The Kier molecular flexibility index (Phi) is 7.06. The molecule has 0 aromatic heterocycles. The van der Waals surface area contributed by atoms with Crippen molar-refractivity contribution in [1.82, 2.24) is 0 Å². The molecule has 8 heteroatoms. The second kappa shape index (κ2) is 9.96. The molecule has 0 spiro atoms. The minimum atomic E-state index is -0.155. The van der Waals surface area contributed by atoms with E-state index in [1.165, 1.54) is 16.7 Å². The van der Waals surface area contributed by atoms with E-state index in [1.807, 2.05) is 48.5 Å². The van der Waals surface area contributed by atoms with Crippen LogP contribution in [-0.2, 0) is 11.4 Å². The molecule has 0 saturated carbocycles. The number of anilines is 1. The van der Waals surface area contributed by atoms with Gasteiger partial charge in [-0.25, -0.2) is 0 Å². The Labute approximate surface area is 205 Å². The van der Waals surface area contributed by atoms with Gasteiger partial charge in [0.15, 0.2) is 15.8 Å². The molecule has 3 aromatic rings.